The maximum Gasteiger partial charge on any atom is 0.326 e. The minimum atomic E-state index is -0.431. The molecule has 0 saturated carbocycles. The van der Waals surface area contributed by atoms with Gasteiger partial charge in [-0.25, -0.2) is 0 Å². The second-order valence-corrected chi connectivity index (χ2v) is 6.96. The second-order valence-electron chi connectivity index (χ2n) is 5.55. The number of thiazole rings is 1. The van der Waals surface area contributed by atoms with Crippen LogP contribution >= 0.6 is 22.9 Å². The number of rotatable bonds is 5. The molecular formula is C20H17ClN2O3S. The molecule has 0 aliphatic rings. The average Bonchev–Trinajstić information content (AvgIpc) is 2.98. The summed E-state index contributed by atoms with van der Waals surface area (Å²) < 4.78 is 7.66. The largest absolute Gasteiger partial charge is 0.465 e. The first-order valence-corrected chi connectivity index (χ1v) is 9.53. The van der Waals surface area contributed by atoms with E-state index in [1.165, 1.54) is 17.4 Å². The third kappa shape index (κ3) is 4.72. The van der Waals surface area contributed by atoms with Crippen molar-refractivity contribution in [2.45, 2.75) is 13.5 Å². The molecule has 0 spiro atoms. The molecule has 3 aromatic rings. The number of ether oxygens (including phenoxy) is 1. The highest BCUT2D eigenvalue weighted by atomic mass is 35.5. The van der Waals surface area contributed by atoms with Crippen molar-refractivity contribution in [1.82, 2.24) is 4.57 Å². The van der Waals surface area contributed by atoms with Crippen molar-refractivity contribution in [2.24, 2.45) is 4.99 Å². The quantitative estimate of drug-likeness (QED) is 0.479. The normalized spacial score (nSPS) is 12.0. The van der Waals surface area contributed by atoms with E-state index in [0.29, 0.717) is 16.4 Å². The van der Waals surface area contributed by atoms with E-state index in [4.69, 9.17) is 16.3 Å². The van der Waals surface area contributed by atoms with E-state index in [-0.39, 0.29) is 12.5 Å². The average molecular weight is 401 g/mol. The van der Waals surface area contributed by atoms with E-state index in [1.54, 1.807) is 23.6 Å². The lowest BCUT2D eigenvalue weighted by Crippen LogP contribution is -2.22. The molecule has 0 unspecified atom stereocenters. The van der Waals surface area contributed by atoms with Crippen LogP contribution in [-0.2, 0) is 20.9 Å². The lowest BCUT2D eigenvalue weighted by atomic mass is 10.2. The van der Waals surface area contributed by atoms with Gasteiger partial charge in [0.15, 0.2) is 4.80 Å². The Labute approximate surface area is 165 Å². The predicted octanol–water partition coefficient (Wildman–Crippen LogP) is 4.06. The van der Waals surface area contributed by atoms with E-state index in [9.17, 15) is 9.59 Å². The maximum absolute atomic E-state index is 12.3. The molecule has 7 heteroatoms. The van der Waals surface area contributed by atoms with Gasteiger partial charge in [-0.15, -0.1) is 0 Å². The Morgan fingerprint density at radius 1 is 1.19 bits per heavy atom. The number of benzene rings is 2. The molecule has 0 saturated heterocycles. The summed E-state index contributed by atoms with van der Waals surface area (Å²) in [5.74, 6) is -0.805. The summed E-state index contributed by atoms with van der Waals surface area (Å²) >= 11 is 7.43. The predicted molar refractivity (Wildman–Crippen MR) is 108 cm³/mol. The van der Waals surface area contributed by atoms with Crippen molar-refractivity contribution < 1.29 is 14.3 Å². The molecule has 27 heavy (non-hydrogen) atoms. The van der Waals surface area contributed by atoms with Gasteiger partial charge in [0.2, 0.25) is 0 Å². The summed E-state index contributed by atoms with van der Waals surface area (Å²) in [4.78, 5) is 28.9. The zero-order valence-corrected chi connectivity index (χ0v) is 16.2. The standard InChI is InChI=1S/C20H17ClN2O3S/c1-2-26-19(25)13-23-16-9-5-6-10-17(16)27-20(23)22-18(24)12-11-14-7-3-4-8-15(14)21/h3-12H,2,13H2,1H3. The Kier molecular flexibility index (Phi) is 6.21. The first-order chi connectivity index (χ1) is 13.1. The number of halogens is 1. The number of hydrogen-bond acceptors (Lipinski definition) is 4. The Bertz CT molecular complexity index is 1080. The number of esters is 1. The molecule has 0 fully saturated rings. The van der Waals surface area contributed by atoms with Gasteiger partial charge in [-0.3, -0.25) is 9.59 Å². The zero-order valence-electron chi connectivity index (χ0n) is 14.6. The Morgan fingerprint density at radius 3 is 2.70 bits per heavy atom. The number of nitrogens with zero attached hydrogens (tertiary/aromatic N) is 2. The van der Waals surface area contributed by atoms with Gasteiger partial charge in [0.25, 0.3) is 5.91 Å². The lowest BCUT2D eigenvalue weighted by Gasteiger charge is -2.04. The van der Waals surface area contributed by atoms with Crippen LogP contribution in [0.25, 0.3) is 16.3 Å². The van der Waals surface area contributed by atoms with E-state index >= 15 is 0 Å². The molecule has 1 amide bonds. The Balaban J connectivity index is 1.96. The summed E-state index contributed by atoms with van der Waals surface area (Å²) in [6.07, 6.45) is 2.98. The van der Waals surface area contributed by atoms with Crippen molar-refractivity contribution in [3.63, 3.8) is 0 Å². The van der Waals surface area contributed by atoms with Crippen molar-refractivity contribution in [2.75, 3.05) is 6.61 Å². The second kappa shape index (κ2) is 8.79. The van der Waals surface area contributed by atoms with Gasteiger partial charge in [0.1, 0.15) is 6.54 Å². The van der Waals surface area contributed by atoms with Gasteiger partial charge in [-0.1, -0.05) is 53.3 Å². The SMILES string of the molecule is CCOC(=O)Cn1c(=NC(=O)C=Cc2ccccc2Cl)sc2ccccc21. The van der Waals surface area contributed by atoms with Gasteiger partial charge >= 0.3 is 5.97 Å². The number of fused-ring (bicyclic) bond motifs is 1. The van der Waals surface area contributed by atoms with Crippen LogP contribution in [0.3, 0.4) is 0 Å². The number of carbonyl (C=O) groups is 2. The molecule has 0 aliphatic heterocycles. The Hall–Kier alpha value is -2.70. The topological polar surface area (TPSA) is 60.7 Å². The molecule has 0 atom stereocenters. The molecule has 5 nitrogen and oxygen atoms in total. The number of aromatic nitrogens is 1. The third-order valence-corrected chi connectivity index (χ3v) is 5.10. The lowest BCUT2D eigenvalue weighted by molar-refractivity contribution is -0.143. The van der Waals surface area contributed by atoms with E-state index in [1.807, 2.05) is 42.5 Å². The molecule has 0 radical (unpaired) electrons. The minimum absolute atomic E-state index is 0.00179. The molecule has 0 bridgehead atoms. The molecule has 3 rings (SSSR count). The summed E-state index contributed by atoms with van der Waals surface area (Å²) in [7, 11) is 0. The minimum Gasteiger partial charge on any atom is -0.465 e. The number of para-hydroxylation sites is 1. The van der Waals surface area contributed by atoms with E-state index < -0.39 is 5.91 Å². The van der Waals surface area contributed by atoms with Gasteiger partial charge in [0, 0.05) is 11.1 Å². The van der Waals surface area contributed by atoms with Crippen LogP contribution in [0.5, 0.6) is 0 Å². The first-order valence-electron chi connectivity index (χ1n) is 8.33. The molecule has 1 aromatic heterocycles. The van der Waals surface area contributed by atoms with Crippen LogP contribution < -0.4 is 4.80 Å². The van der Waals surface area contributed by atoms with E-state index in [2.05, 4.69) is 4.99 Å². The van der Waals surface area contributed by atoms with Gasteiger partial charge in [-0.05, 0) is 36.8 Å². The molecular weight excluding hydrogens is 384 g/mol. The summed E-state index contributed by atoms with van der Waals surface area (Å²) in [5.41, 5.74) is 1.57. The van der Waals surface area contributed by atoms with Crippen molar-refractivity contribution in [1.29, 1.82) is 0 Å². The third-order valence-electron chi connectivity index (χ3n) is 3.70. The van der Waals surface area contributed by atoms with Gasteiger partial charge in [0.05, 0.1) is 16.8 Å². The van der Waals surface area contributed by atoms with Crippen molar-refractivity contribution >= 4 is 51.1 Å². The fourth-order valence-electron chi connectivity index (χ4n) is 2.50. The fraction of sp³-hybridized carbons (Fsp3) is 0.150. The highest BCUT2D eigenvalue weighted by molar-refractivity contribution is 7.16. The zero-order chi connectivity index (χ0) is 19.2. The molecule has 0 N–H and O–H groups in total. The number of carbonyl (C=O) groups excluding carboxylic acids is 2. The first kappa shape index (κ1) is 19.1. The van der Waals surface area contributed by atoms with Crippen LogP contribution in [-0.4, -0.2) is 23.1 Å². The number of amides is 1. The monoisotopic (exact) mass is 400 g/mol. The number of hydrogen-bond donors (Lipinski definition) is 0. The summed E-state index contributed by atoms with van der Waals surface area (Å²) in [6, 6.07) is 14.8. The smallest absolute Gasteiger partial charge is 0.326 e. The van der Waals surface area contributed by atoms with Crippen LogP contribution in [0, 0.1) is 0 Å². The van der Waals surface area contributed by atoms with Crippen molar-refractivity contribution in [3.8, 4) is 0 Å². The fourth-order valence-corrected chi connectivity index (χ4v) is 3.73. The molecule has 2 aromatic carbocycles. The summed E-state index contributed by atoms with van der Waals surface area (Å²) in [6.45, 7) is 2.05. The van der Waals surface area contributed by atoms with Gasteiger partial charge < -0.3 is 9.30 Å². The van der Waals surface area contributed by atoms with Crippen LogP contribution in [0.15, 0.2) is 59.6 Å². The van der Waals surface area contributed by atoms with Crippen LogP contribution in [0.2, 0.25) is 5.02 Å². The molecule has 0 aliphatic carbocycles. The Morgan fingerprint density at radius 2 is 1.93 bits per heavy atom. The van der Waals surface area contributed by atoms with Crippen molar-refractivity contribution in [3.05, 3.63) is 70.0 Å². The highest BCUT2D eigenvalue weighted by Crippen LogP contribution is 2.18. The highest BCUT2D eigenvalue weighted by Gasteiger charge is 2.11. The molecule has 138 valence electrons. The van der Waals surface area contributed by atoms with Crippen LogP contribution in [0.1, 0.15) is 12.5 Å². The molecule has 1 heterocycles. The maximum atomic E-state index is 12.3. The summed E-state index contributed by atoms with van der Waals surface area (Å²) in [5, 5.41) is 0.556. The van der Waals surface area contributed by atoms with E-state index in [0.717, 1.165) is 15.8 Å². The van der Waals surface area contributed by atoms with Crippen LogP contribution in [0.4, 0.5) is 0 Å². The van der Waals surface area contributed by atoms with Gasteiger partial charge in [-0.2, -0.15) is 4.99 Å².